The zero-order valence-corrected chi connectivity index (χ0v) is 8.26. The van der Waals surface area contributed by atoms with E-state index in [1.165, 1.54) is 0 Å². The van der Waals surface area contributed by atoms with Gasteiger partial charge in [-0.2, -0.15) is 0 Å². The maximum atomic E-state index is 5.62. The number of hydrogen-bond donors (Lipinski definition) is 1. The Balaban J connectivity index is 3.27. The third-order valence-electron chi connectivity index (χ3n) is 2.09. The SMILES string of the molecule is COc1ccc(C)c(CN)c1OC. The van der Waals surface area contributed by atoms with Crippen molar-refractivity contribution in [2.24, 2.45) is 5.73 Å². The molecule has 0 aliphatic carbocycles. The Morgan fingerprint density at radius 1 is 1.23 bits per heavy atom. The predicted octanol–water partition coefficient (Wildman–Crippen LogP) is 1.47. The molecule has 2 N–H and O–H groups in total. The van der Waals surface area contributed by atoms with Gasteiger partial charge in [0.05, 0.1) is 14.2 Å². The van der Waals surface area contributed by atoms with Crippen molar-refractivity contribution in [1.29, 1.82) is 0 Å². The average Bonchev–Trinajstić information content (AvgIpc) is 2.17. The van der Waals surface area contributed by atoms with Crippen LogP contribution in [0.15, 0.2) is 12.1 Å². The standard InChI is InChI=1S/C10H15NO2/c1-7-4-5-9(12-2)10(13-3)8(7)6-11/h4-5H,6,11H2,1-3H3. The first-order valence-electron chi connectivity index (χ1n) is 4.15. The molecular weight excluding hydrogens is 166 g/mol. The van der Waals surface area contributed by atoms with Crippen LogP contribution in [0.2, 0.25) is 0 Å². The summed E-state index contributed by atoms with van der Waals surface area (Å²) in [5.74, 6) is 1.47. The van der Waals surface area contributed by atoms with E-state index in [2.05, 4.69) is 0 Å². The second-order valence-electron chi connectivity index (χ2n) is 2.80. The van der Waals surface area contributed by atoms with E-state index in [0.29, 0.717) is 6.54 Å². The first-order valence-corrected chi connectivity index (χ1v) is 4.15. The maximum absolute atomic E-state index is 5.62. The van der Waals surface area contributed by atoms with Gasteiger partial charge in [-0.1, -0.05) is 6.07 Å². The summed E-state index contributed by atoms with van der Waals surface area (Å²) in [6, 6.07) is 3.86. The Labute approximate surface area is 78.5 Å². The highest BCUT2D eigenvalue weighted by Crippen LogP contribution is 2.32. The van der Waals surface area contributed by atoms with Crippen LogP contribution in [0.1, 0.15) is 11.1 Å². The fraction of sp³-hybridized carbons (Fsp3) is 0.400. The molecule has 3 nitrogen and oxygen atoms in total. The van der Waals surface area contributed by atoms with Crippen LogP contribution in [0.4, 0.5) is 0 Å². The molecule has 0 atom stereocenters. The van der Waals surface area contributed by atoms with Crippen molar-refractivity contribution < 1.29 is 9.47 Å². The number of aryl methyl sites for hydroxylation is 1. The average molecular weight is 181 g/mol. The molecule has 3 heteroatoms. The molecule has 0 saturated carbocycles. The largest absolute Gasteiger partial charge is 0.493 e. The van der Waals surface area contributed by atoms with Crippen molar-refractivity contribution in [2.45, 2.75) is 13.5 Å². The summed E-state index contributed by atoms with van der Waals surface area (Å²) in [5.41, 5.74) is 7.74. The minimum atomic E-state index is 0.464. The van der Waals surface area contributed by atoms with Crippen molar-refractivity contribution >= 4 is 0 Å². The van der Waals surface area contributed by atoms with Crippen LogP contribution in [0.3, 0.4) is 0 Å². The van der Waals surface area contributed by atoms with E-state index in [9.17, 15) is 0 Å². The van der Waals surface area contributed by atoms with E-state index >= 15 is 0 Å². The van der Waals surface area contributed by atoms with Gasteiger partial charge in [-0.25, -0.2) is 0 Å². The summed E-state index contributed by atoms with van der Waals surface area (Å²) in [5, 5.41) is 0. The molecule has 0 spiro atoms. The van der Waals surface area contributed by atoms with Gasteiger partial charge in [0.2, 0.25) is 0 Å². The monoisotopic (exact) mass is 181 g/mol. The van der Waals surface area contributed by atoms with Crippen LogP contribution in [0.25, 0.3) is 0 Å². The van der Waals surface area contributed by atoms with Gasteiger partial charge in [-0.15, -0.1) is 0 Å². The van der Waals surface area contributed by atoms with Crippen LogP contribution in [-0.4, -0.2) is 14.2 Å². The van der Waals surface area contributed by atoms with Gasteiger partial charge in [-0.3, -0.25) is 0 Å². The lowest BCUT2D eigenvalue weighted by atomic mass is 10.1. The topological polar surface area (TPSA) is 44.5 Å². The van der Waals surface area contributed by atoms with E-state index in [1.807, 2.05) is 19.1 Å². The van der Waals surface area contributed by atoms with Crippen LogP contribution in [0.5, 0.6) is 11.5 Å². The first kappa shape index (κ1) is 9.86. The molecule has 0 heterocycles. The number of nitrogens with two attached hydrogens (primary N) is 1. The minimum absolute atomic E-state index is 0.464. The number of methoxy groups -OCH3 is 2. The normalized spacial score (nSPS) is 9.85. The van der Waals surface area contributed by atoms with Gasteiger partial charge in [0.15, 0.2) is 11.5 Å². The van der Waals surface area contributed by atoms with E-state index in [0.717, 1.165) is 22.6 Å². The summed E-state index contributed by atoms with van der Waals surface area (Å²) in [4.78, 5) is 0. The molecule has 1 aromatic carbocycles. The van der Waals surface area contributed by atoms with Crippen molar-refractivity contribution in [1.82, 2.24) is 0 Å². The third kappa shape index (κ3) is 1.75. The van der Waals surface area contributed by atoms with Crippen LogP contribution < -0.4 is 15.2 Å². The molecule has 0 unspecified atom stereocenters. The second-order valence-corrected chi connectivity index (χ2v) is 2.80. The smallest absolute Gasteiger partial charge is 0.165 e. The van der Waals surface area contributed by atoms with Crippen LogP contribution in [0, 0.1) is 6.92 Å². The Hall–Kier alpha value is -1.22. The van der Waals surface area contributed by atoms with Crippen LogP contribution in [-0.2, 0) is 6.54 Å². The fourth-order valence-electron chi connectivity index (χ4n) is 1.34. The summed E-state index contributed by atoms with van der Waals surface area (Å²) < 4.78 is 10.4. The van der Waals surface area contributed by atoms with Gasteiger partial charge >= 0.3 is 0 Å². The molecule has 0 saturated heterocycles. The Morgan fingerprint density at radius 2 is 1.92 bits per heavy atom. The van der Waals surface area contributed by atoms with Crippen molar-refractivity contribution in [2.75, 3.05) is 14.2 Å². The lowest BCUT2D eigenvalue weighted by molar-refractivity contribution is 0.351. The molecule has 0 aromatic heterocycles. The zero-order valence-electron chi connectivity index (χ0n) is 8.26. The molecule has 72 valence electrons. The molecule has 0 fully saturated rings. The number of hydrogen-bond acceptors (Lipinski definition) is 3. The van der Waals surface area contributed by atoms with Crippen molar-refractivity contribution in [3.8, 4) is 11.5 Å². The van der Waals surface area contributed by atoms with E-state index < -0.39 is 0 Å². The summed E-state index contributed by atoms with van der Waals surface area (Å²) in [7, 11) is 3.24. The maximum Gasteiger partial charge on any atom is 0.165 e. The quantitative estimate of drug-likeness (QED) is 0.768. The molecule has 0 bridgehead atoms. The Morgan fingerprint density at radius 3 is 2.38 bits per heavy atom. The molecule has 1 aromatic rings. The molecule has 1 rings (SSSR count). The van der Waals surface area contributed by atoms with E-state index in [-0.39, 0.29) is 0 Å². The molecular formula is C10H15NO2. The minimum Gasteiger partial charge on any atom is -0.493 e. The summed E-state index contributed by atoms with van der Waals surface area (Å²) in [6.45, 7) is 2.47. The molecule has 0 aliphatic heterocycles. The van der Waals surface area contributed by atoms with Gasteiger partial charge in [0.1, 0.15) is 0 Å². The van der Waals surface area contributed by atoms with Crippen molar-refractivity contribution in [3.63, 3.8) is 0 Å². The first-order chi connectivity index (χ1) is 6.24. The summed E-state index contributed by atoms with van der Waals surface area (Å²) >= 11 is 0. The fourth-order valence-corrected chi connectivity index (χ4v) is 1.34. The highest BCUT2D eigenvalue weighted by molar-refractivity contribution is 5.50. The zero-order chi connectivity index (χ0) is 9.84. The number of rotatable bonds is 3. The Kier molecular flexibility index (Phi) is 3.14. The van der Waals surface area contributed by atoms with Crippen molar-refractivity contribution in [3.05, 3.63) is 23.3 Å². The highest BCUT2D eigenvalue weighted by Gasteiger charge is 2.10. The van der Waals surface area contributed by atoms with Gasteiger partial charge in [0, 0.05) is 12.1 Å². The Bertz CT molecular complexity index is 297. The molecule has 0 amide bonds. The van der Waals surface area contributed by atoms with Crippen LogP contribution >= 0.6 is 0 Å². The third-order valence-corrected chi connectivity index (χ3v) is 2.09. The van der Waals surface area contributed by atoms with Gasteiger partial charge in [-0.05, 0) is 18.6 Å². The second kappa shape index (κ2) is 4.14. The van der Waals surface area contributed by atoms with E-state index in [1.54, 1.807) is 14.2 Å². The highest BCUT2D eigenvalue weighted by atomic mass is 16.5. The molecule has 0 aliphatic rings. The number of benzene rings is 1. The predicted molar refractivity (Wildman–Crippen MR) is 52.2 cm³/mol. The van der Waals surface area contributed by atoms with E-state index in [4.69, 9.17) is 15.2 Å². The lowest BCUT2D eigenvalue weighted by Crippen LogP contribution is -2.03. The summed E-state index contributed by atoms with van der Waals surface area (Å²) in [6.07, 6.45) is 0. The molecule has 13 heavy (non-hydrogen) atoms. The lowest BCUT2D eigenvalue weighted by Gasteiger charge is -2.13. The number of ether oxygens (including phenoxy) is 2. The molecule has 0 radical (unpaired) electrons. The van der Waals surface area contributed by atoms with Gasteiger partial charge in [0.25, 0.3) is 0 Å². The van der Waals surface area contributed by atoms with Gasteiger partial charge < -0.3 is 15.2 Å².